The van der Waals surface area contributed by atoms with Gasteiger partial charge < -0.3 is 23.5 Å². The number of carbonyl (C=O) groups is 1. The zero-order valence-electron chi connectivity index (χ0n) is 14.1. The van der Waals surface area contributed by atoms with E-state index in [0.29, 0.717) is 35.9 Å². The molecule has 2 heterocycles. The van der Waals surface area contributed by atoms with Gasteiger partial charge in [0, 0.05) is 37.2 Å². The van der Waals surface area contributed by atoms with Crippen LogP contribution in [0, 0.1) is 0 Å². The van der Waals surface area contributed by atoms with Crippen LogP contribution in [0.25, 0.3) is 0 Å². The van der Waals surface area contributed by atoms with Gasteiger partial charge in [-0.2, -0.15) is 0 Å². The van der Waals surface area contributed by atoms with E-state index >= 15 is 0 Å². The van der Waals surface area contributed by atoms with E-state index in [4.69, 9.17) is 18.6 Å². The van der Waals surface area contributed by atoms with Crippen LogP contribution in [-0.4, -0.2) is 38.7 Å². The molecule has 2 aromatic rings. The third-order valence-corrected chi connectivity index (χ3v) is 4.25. The van der Waals surface area contributed by atoms with Crippen molar-refractivity contribution in [1.82, 2.24) is 4.90 Å². The van der Waals surface area contributed by atoms with Crippen molar-refractivity contribution in [3.63, 3.8) is 0 Å². The highest BCUT2D eigenvalue weighted by molar-refractivity contribution is 5.97. The summed E-state index contributed by atoms with van der Waals surface area (Å²) in [7, 11) is 4.63. The lowest BCUT2D eigenvalue weighted by molar-refractivity contribution is 0.0742. The summed E-state index contributed by atoms with van der Waals surface area (Å²) in [6.07, 6.45) is 3.38. The zero-order valence-corrected chi connectivity index (χ0v) is 14.1. The molecule has 0 N–H and O–H groups in total. The molecule has 0 spiro atoms. The number of methoxy groups -OCH3 is 3. The molecule has 0 saturated heterocycles. The number of carbonyl (C=O) groups excluding carboxylic acids is 1. The molecule has 0 fully saturated rings. The van der Waals surface area contributed by atoms with E-state index in [1.165, 1.54) is 7.11 Å². The van der Waals surface area contributed by atoms with Crippen molar-refractivity contribution in [3.8, 4) is 17.2 Å². The number of fused-ring (bicyclic) bond motifs is 1. The SMILES string of the molecule is COc1cc(OC)c(C(=O)N2CCCc3occc3C2)cc1OC. The third-order valence-electron chi connectivity index (χ3n) is 4.25. The average molecular weight is 331 g/mol. The van der Waals surface area contributed by atoms with E-state index in [1.54, 1.807) is 32.6 Å². The van der Waals surface area contributed by atoms with Crippen LogP contribution < -0.4 is 14.2 Å². The van der Waals surface area contributed by atoms with Crippen molar-refractivity contribution in [3.05, 3.63) is 41.3 Å². The van der Waals surface area contributed by atoms with Crippen LogP contribution in [0.5, 0.6) is 17.2 Å². The molecule has 0 atom stereocenters. The van der Waals surface area contributed by atoms with E-state index in [1.807, 2.05) is 11.0 Å². The molecule has 24 heavy (non-hydrogen) atoms. The van der Waals surface area contributed by atoms with Gasteiger partial charge in [-0.25, -0.2) is 0 Å². The van der Waals surface area contributed by atoms with Crippen LogP contribution in [0.1, 0.15) is 28.1 Å². The van der Waals surface area contributed by atoms with Gasteiger partial charge in [-0.05, 0) is 12.5 Å². The molecule has 0 bridgehead atoms. The largest absolute Gasteiger partial charge is 0.496 e. The second-order valence-corrected chi connectivity index (χ2v) is 5.61. The maximum Gasteiger partial charge on any atom is 0.258 e. The highest BCUT2D eigenvalue weighted by atomic mass is 16.5. The molecule has 0 saturated carbocycles. The lowest BCUT2D eigenvalue weighted by atomic mass is 10.1. The first kappa shape index (κ1) is 16.2. The second kappa shape index (κ2) is 6.86. The molecule has 3 rings (SSSR count). The predicted molar refractivity (Wildman–Crippen MR) is 87.9 cm³/mol. The monoisotopic (exact) mass is 331 g/mol. The fourth-order valence-electron chi connectivity index (χ4n) is 2.98. The van der Waals surface area contributed by atoms with Gasteiger partial charge in [-0.1, -0.05) is 0 Å². The minimum absolute atomic E-state index is 0.0955. The van der Waals surface area contributed by atoms with Crippen molar-refractivity contribution in [2.45, 2.75) is 19.4 Å². The fraction of sp³-hybridized carbons (Fsp3) is 0.389. The van der Waals surface area contributed by atoms with E-state index < -0.39 is 0 Å². The van der Waals surface area contributed by atoms with E-state index in [2.05, 4.69) is 0 Å². The molecular formula is C18H21NO5. The van der Waals surface area contributed by atoms with Gasteiger partial charge in [0.15, 0.2) is 11.5 Å². The van der Waals surface area contributed by atoms with Crippen molar-refractivity contribution < 1.29 is 23.4 Å². The van der Waals surface area contributed by atoms with Gasteiger partial charge >= 0.3 is 0 Å². The van der Waals surface area contributed by atoms with Crippen LogP contribution in [0.15, 0.2) is 28.9 Å². The molecule has 128 valence electrons. The van der Waals surface area contributed by atoms with Crippen LogP contribution >= 0.6 is 0 Å². The summed E-state index contributed by atoms with van der Waals surface area (Å²) in [4.78, 5) is 14.9. The number of aryl methyl sites for hydroxylation is 1. The molecular weight excluding hydrogens is 310 g/mol. The van der Waals surface area contributed by atoms with E-state index in [0.717, 1.165) is 24.2 Å². The zero-order chi connectivity index (χ0) is 17.1. The Morgan fingerprint density at radius 2 is 1.79 bits per heavy atom. The summed E-state index contributed by atoms with van der Waals surface area (Å²) < 4.78 is 21.5. The minimum Gasteiger partial charge on any atom is -0.496 e. The standard InChI is InChI=1S/C18H21NO5/c1-21-15-10-17(23-3)16(22-2)9-13(15)18(20)19-7-4-5-14-12(11-19)6-8-24-14/h6,8-10H,4-5,7,11H2,1-3H3. The number of rotatable bonds is 4. The summed E-state index contributed by atoms with van der Waals surface area (Å²) in [5.41, 5.74) is 1.52. The molecule has 0 aliphatic carbocycles. The maximum absolute atomic E-state index is 13.1. The number of amides is 1. The lowest BCUT2D eigenvalue weighted by Crippen LogP contribution is -2.31. The van der Waals surface area contributed by atoms with Crippen LogP contribution in [0.2, 0.25) is 0 Å². The Balaban J connectivity index is 1.94. The molecule has 1 aromatic heterocycles. The molecule has 6 heteroatoms. The summed E-state index contributed by atoms with van der Waals surface area (Å²) in [6.45, 7) is 1.20. The van der Waals surface area contributed by atoms with Crippen LogP contribution in [0.3, 0.4) is 0 Å². The molecule has 0 radical (unpaired) electrons. The Labute approximate surface area is 140 Å². The number of benzene rings is 1. The predicted octanol–water partition coefficient (Wildman–Crippen LogP) is 2.89. The molecule has 6 nitrogen and oxygen atoms in total. The molecule has 1 amide bonds. The Morgan fingerprint density at radius 3 is 2.50 bits per heavy atom. The number of hydrogen-bond donors (Lipinski definition) is 0. The summed E-state index contributed by atoms with van der Waals surface area (Å²) in [5.74, 6) is 2.36. The topological polar surface area (TPSA) is 61.1 Å². The van der Waals surface area contributed by atoms with Crippen molar-refractivity contribution in [2.75, 3.05) is 27.9 Å². The van der Waals surface area contributed by atoms with Crippen molar-refractivity contribution in [1.29, 1.82) is 0 Å². The molecule has 1 aliphatic heterocycles. The van der Waals surface area contributed by atoms with Gasteiger partial charge in [0.2, 0.25) is 0 Å². The summed E-state index contributed by atoms with van der Waals surface area (Å²) >= 11 is 0. The fourth-order valence-corrected chi connectivity index (χ4v) is 2.98. The van der Waals surface area contributed by atoms with Gasteiger partial charge in [0.1, 0.15) is 11.5 Å². The van der Waals surface area contributed by atoms with E-state index in [9.17, 15) is 4.79 Å². The number of ether oxygens (including phenoxy) is 3. The van der Waals surface area contributed by atoms with Gasteiger partial charge in [0.05, 0.1) is 33.2 Å². The van der Waals surface area contributed by atoms with Gasteiger partial charge in [0.25, 0.3) is 5.91 Å². The smallest absolute Gasteiger partial charge is 0.258 e. The lowest BCUT2D eigenvalue weighted by Gasteiger charge is -2.22. The Hall–Kier alpha value is -2.63. The first-order chi connectivity index (χ1) is 11.7. The minimum atomic E-state index is -0.0955. The summed E-state index contributed by atoms with van der Waals surface area (Å²) in [5, 5.41) is 0. The quantitative estimate of drug-likeness (QED) is 0.862. The van der Waals surface area contributed by atoms with Crippen LogP contribution in [0.4, 0.5) is 0 Å². The van der Waals surface area contributed by atoms with E-state index in [-0.39, 0.29) is 5.91 Å². The average Bonchev–Trinajstić information content (AvgIpc) is 2.96. The second-order valence-electron chi connectivity index (χ2n) is 5.61. The Morgan fingerprint density at radius 1 is 1.08 bits per heavy atom. The highest BCUT2D eigenvalue weighted by Crippen LogP contribution is 2.35. The molecule has 1 aromatic carbocycles. The molecule has 1 aliphatic rings. The highest BCUT2D eigenvalue weighted by Gasteiger charge is 2.25. The van der Waals surface area contributed by atoms with Crippen LogP contribution in [-0.2, 0) is 13.0 Å². The first-order valence-corrected chi connectivity index (χ1v) is 7.82. The number of furan rings is 1. The van der Waals surface area contributed by atoms with Crippen molar-refractivity contribution in [2.24, 2.45) is 0 Å². The Kier molecular flexibility index (Phi) is 4.64. The van der Waals surface area contributed by atoms with Gasteiger partial charge in [-0.3, -0.25) is 4.79 Å². The number of nitrogens with zero attached hydrogens (tertiary/aromatic N) is 1. The molecule has 0 unspecified atom stereocenters. The maximum atomic E-state index is 13.1. The Bertz CT molecular complexity index is 737. The first-order valence-electron chi connectivity index (χ1n) is 7.82. The third kappa shape index (κ3) is 2.91. The van der Waals surface area contributed by atoms with Gasteiger partial charge in [-0.15, -0.1) is 0 Å². The number of hydrogen-bond acceptors (Lipinski definition) is 5. The summed E-state index contributed by atoms with van der Waals surface area (Å²) in [6, 6.07) is 5.26. The normalized spacial score (nSPS) is 13.9. The van der Waals surface area contributed by atoms with Crippen molar-refractivity contribution >= 4 is 5.91 Å².